The molecule has 7 heteroatoms. The van der Waals surface area contributed by atoms with Crippen LogP contribution in [0.15, 0.2) is 53.6 Å². The summed E-state index contributed by atoms with van der Waals surface area (Å²) in [5, 5.41) is 14.6. The van der Waals surface area contributed by atoms with Gasteiger partial charge in [-0.3, -0.25) is 4.79 Å². The predicted octanol–water partition coefficient (Wildman–Crippen LogP) is 3.64. The molecule has 3 heterocycles. The van der Waals surface area contributed by atoms with E-state index in [1.54, 1.807) is 24.7 Å². The Balaban J connectivity index is 1.56. The number of H-pyrrole nitrogens is 1. The number of aliphatic hydroxyl groups is 1. The van der Waals surface area contributed by atoms with Crippen molar-refractivity contribution in [3.8, 4) is 5.82 Å². The number of aromatic amines is 1. The number of benzene rings is 1. The Morgan fingerprint density at radius 2 is 2.07 bits per heavy atom. The minimum Gasteiger partial charge on any atom is -0.390 e. The van der Waals surface area contributed by atoms with Crippen molar-refractivity contribution in [2.45, 2.75) is 38.7 Å². The lowest BCUT2D eigenvalue weighted by atomic mass is 9.98. The van der Waals surface area contributed by atoms with Crippen LogP contribution in [-0.2, 0) is 6.42 Å². The molecule has 2 N–H and O–H groups in total. The largest absolute Gasteiger partial charge is 0.390 e. The lowest BCUT2D eigenvalue weighted by molar-refractivity contribution is 0.0809. The van der Waals surface area contributed by atoms with Crippen LogP contribution in [0.3, 0.4) is 0 Å². The van der Waals surface area contributed by atoms with E-state index in [4.69, 9.17) is 0 Å². The van der Waals surface area contributed by atoms with Gasteiger partial charge in [0.1, 0.15) is 0 Å². The Morgan fingerprint density at radius 1 is 1.25 bits per heavy atom. The lowest BCUT2D eigenvalue weighted by Gasteiger charge is -2.16. The van der Waals surface area contributed by atoms with Gasteiger partial charge < -0.3 is 10.1 Å². The maximum atomic E-state index is 11.5. The molecule has 4 rings (SSSR count). The van der Waals surface area contributed by atoms with Crippen molar-refractivity contribution in [1.29, 1.82) is 0 Å². The first-order chi connectivity index (χ1) is 13.3. The number of rotatable bonds is 5. The zero-order valence-corrected chi connectivity index (χ0v) is 16.8. The van der Waals surface area contributed by atoms with Gasteiger partial charge >= 0.3 is 4.87 Å². The molecule has 3 aromatic heterocycles. The van der Waals surface area contributed by atoms with Crippen molar-refractivity contribution in [3.05, 3.63) is 75.3 Å². The number of hydrogen-bond donors (Lipinski definition) is 2. The predicted molar refractivity (Wildman–Crippen MR) is 111 cm³/mol. The van der Waals surface area contributed by atoms with Gasteiger partial charge in [0, 0.05) is 24.7 Å². The number of fused-ring (bicyclic) bond motifs is 1. The first-order valence-corrected chi connectivity index (χ1v) is 9.96. The minimum absolute atomic E-state index is 0.0387. The Hall–Kier alpha value is -2.77. The first kappa shape index (κ1) is 18.6. The van der Waals surface area contributed by atoms with Crippen LogP contribution in [0.2, 0.25) is 0 Å². The summed E-state index contributed by atoms with van der Waals surface area (Å²) in [6.07, 6.45) is 4.23. The summed E-state index contributed by atoms with van der Waals surface area (Å²) < 4.78 is 2.71. The summed E-state index contributed by atoms with van der Waals surface area (Å²) in [6.45, 7) is 5.67. The zero-order chi connectivity index (χ0) is 19.9. The summed E-state index contributed by atoms with van der Waals surface area (Å²) in [6, 6.07) is 11.9. The molecule has 0 saturated carbocycles. The van der Waals surface area contributed by atoms with Gasteiger partial charge in [0.25, 0.3) is 0 Å². The highest BCUT2D eigenvalue weighted by Crippen LogP contribution is 2.27. The molecule has 0 fully saturated rings. The number of hydrogen-bond acceptors (Lipinski definition) is 5. The average Bonchev–Trinajstić information content (AvgIpc) is 3.25. The minimum atomic E-state index is -0.758. The fraction of sp³-hybridized carbons (Fsp3) is 0.286. The fourth-order valence-corrected chi connectivity index (χ4v) is 4.04. The molecule has 1 aromatic carbocycles. The van der Waals surface area contributed by atoms with E-state index < -0.39 is 5.60 Å². The molecule has 0 aliphatic carbocycles. The second-order valence-electron chi connectivity index (χ2n) is 7.69. The molecule has 0 bridgehead atoms. The Labute approximate surface area is 166 Å². The van der Waals surface area contributed by atoms with E-state index in [2.05, 4.69) is 22.0 Å². The highest BCUT2D eigenvalue weighted by molar-refractivity contribution is 7.16. The number of thiazole rings is 1. The number of aromatic nitrogens is 4. The molecule has 0 radical (unpaired) electrons. The van der Waals surface area contributed by atoms with E-state index in [-0.39, 0.29) is 10.8 Å². The normalized spacial score (nSPS) is 13.1. The number of nitrogens with one attached hydrogen (secondary N) is 1. The van der Waals surface area contributed by atoms with Crippen molar-refractivity contribution in [1.82, 2.24) is 19.7 Å². The van der Waals surface area contributed by atoms with Gasteiger partial charge in [0.15, 0.2) is 5.82 Å². The second-order valence-corrected chi connectivity index (χ2v) is 8.71. The SMILES string of the molecule is CC(c1ccc2[nH]c(=O)sc2c1)c1ccn(-c2ccc(CC(C)(C)O)cn2)n1. The third-order valence-electron chi connectivity index (χ3n) is 4.68. The molecular formula is C21H22N4O2S. The summed E-state index contributed by atoms with van der Waals surface area (Å²) >= 11 is 1.22. The van der Waals surface area contributed by atoms with Crippen LogP contribution in [0, 0.1) is 0 Å². The quantitative estimate of drug-likeness (QED) is 0.541. The van der Waals surface area contributed by atoms with Crippen molar-refractivity contribution in [3.63, 3.8) is 0 Å². The summed E-state index contributed by atoms with van der Waals surface area (Å²) in [7, 11) is 0. The summed E-state index contributed by atoms with van der Waals surface area (Å²) in [5.74, 6) is 0.828. The maximum absolute atomic E-state index is 11.5. The molecule has 0 amide bonds. The van der Waals surface area contributed by atoms with Crippen molar-refractivity contribution in [2.75, 3.05) is 0 Å². The van der Waals surface area contributed by atoms with E-state index in [0.29, 0.717) is 6.42 Å². The zero-order valence-electron chi connectivity index (χ0n) is 16.0. The molecule has 0 spiro atoms. The van der Waals surface area contributed by atoms with Crippen LogP contribution in [0.25, 0.3) is 16.0 Å². The van der Waals surface area contributed by atoms with Crippen LogP contribution in [0.4, 0.5) is 0 Å². The molecule has 0 aliphatic heterocycles. The molecule has 6 nitrogen and oxygen atoms in total. The third kappa shape index (κ3) is 3.90. The van der Waals surface area contributed by atoms with Crippen LogP contribution >= 0.6 is 11.3 Å². The summed E-state index contributed by atoms with van der Waals surface area (Å²) in [4.78, 5) is 18.8. The number of nitrogens with zero attached hydrogens (tertiary/aromatic N) is 3. The van der Waals surface area contributed by atoms with E-state index >= 15 is 0 Å². The topological polar surface area (TPSA) is 83.8 Å². The first-order valence-electron chi connectivity index (χ1n) is 9.14. The van der Waals surface area contributed by atoms with E-state index in [0.717, 1.165) is 32.9 Å². The van der Waals surface area contributed by atoms with Gasteiger partial charge in [-0.25, -0.2) is 9.67 Å². The fourth-order valence-electron chi connectivity index (χ4n) is 3.25. The third-order valence-corrected chi connectivity index (χ3v) is 5.52. The molecule has 1 unspecified atom stereocenters. The molecular weight excluding hydrogens is 372 g/mol. The van der Waals surface area contributed by atoms with Gasteiger partial charge in [-0.05, 0) is 49.2 Å². The lowest BCUT2D eigenvalue weighted by Crippen LogP contribution is -2.21. The van der Waals surface area contributed by atoms with E-state index in [1.165, 1.54) is 11.3 Å². The van der Waals surface area contributed by atoms with Crippen LogP contribution in [0.1, 0.15) is 43.5 Å². The number of pyridine rings is 1. The van der Waals surface area contributed by atoms with Crippen molar-refractivity contribution < 1.29 is 5.11 Å². The standard InChI is InChI=1S/C21H22N4O2S/c1-13(15-5-6-17-18(10-15)28-20(26)23-17)16-8-9-25(24-16)19-7-4-14(12-22-19)11-21(2,3)27/h4-10,12-13,27H,11H2,1-3H3,(H,23,26). The second kappa shape index (κ2) is 7.00. The van der Waals surface area contributed by atoms with Gasteiger partial charge in [0.05, 0.1) is 21.5 Å². The van der Waals surface area contributed by atoms with Gasteiger partial charge in [-0.1, -0.05) is 30.4 Å². The van der Waals surface area contributed by atoms with Crippen molar-refractivity contribution >= 4 is 21.6 Å². The van der Waals surface area contributed by atoms with Crippen molar-refractivity contribution in [2.24, 2.45) is 0 Å². The highest BCUT2D eigenvalue weighted by atomic mass is 32.1. The molecule has 144 valence electrons. The Morgan fingerprint density at radius 3 is 2.79 bits per heavy atom. The smallest absolute Gasteiger partial charge is 0.305 e. The molecule has 4 aromatic rings. The molecule has 1 atom stereocenters. The maximum Gasteiger partial charge on any atom is 0.305 e. The molecule has 0 aliphatic rings. The molecule has 28 heavy (non-hydrogen) atoms. The van der Waals surface area contributed by atoms with Crippen LogP contribution < -0.4 is 4.87 Å². The van der Waals surface area contributed by atoms with Gasteiger partial charge in [-0.15, -0.1) is 0 Å². The Bertz CT molecular complexity index is 1170. The van der Waals surface area contributed by atoms with E-state index in [9.17, 15) is 9.90 Å². The van der Waals surface area contributed by atoms with Gasteiger partial charge in [0.2, 0.25) is 0 Å². The van der Waals surface area contributed by atoms with Crippen LogP contribution in [-0.4, -0.2) is 30.5 Å². The van der Waals surface area contributed by atoms with E-state index in [1.807, 2.05) is 42.6 Å². The van der Waals surface area contributed by atoms with Crippen LogP contribution in [0.5, 0.6) is 0 Å². The molecule has 0 saturated heterocycles. The monoisotopic (exact) mass is 394 g/mol. The highest BCUT2D eigenvalue weighted by Gasteiger charge is 2.15. The average molecular weight is 395 g/mol. The Kier molecular flexibility index (Phi) is 4.64. The summed E-state index contributed by atoms with van der Waals surface area (Å²) in [5.41, 5.74) is 3.14. The van der Waals surface area contributed by atoms with Gasteiger partial charge in [-0.2, -0.15) is 5.10 Å².